The summed E-state index contributed by atoms with van der Waals surface area (Å²) in [5, 5.41) is 24.9. The van der Waals surface area contributed by atoms with Crippen molar-refractivity contribution < 1.29 is 19.8 Å². The van der Waals surface area contributed by atoms with Crippen molar-refractivity contribution in [3.63, 3.8) is 0 Å². The van der Waals surface area contributed by atoms with Crippen LogP contribution in [0.25, 0.3) is 32.7 Å². The number of ketones is 2. The number of carbonyl (C=O) groups is 2. The van der Waals surface area contributed by atoms with Gasteiger partial charge in [0.1, 0.15) is 11.5 Å². The van der Waals surface area contributed by atoms with Gasteiger partial charge in [0.05, 0.1) is 11.1 Å². The maximum absolute atomic E-state index is 12.1. The fraction of sp³-hybridized carbons (Fsp3) is 0.0833. The molecule has 0 aliphatic carbocycles. The van der Waals surface area contributed by atoms with E-state index in [1.807, 2.05) is 48.5 Å². The average Bonchev–Trinajstić information content (AvgIpc) is 2.67. The standard InChI is InChI=1S/C24H18O4/c1-13(25)19-11-15-7-3-5-9-17(15)21(23(19)27)22-18-10-6-4-8-16(18)12-20(14(2)26)24(22)28/h3-12,27-28H,1-2H3. The minimum Gasteiger partial charge on any atom is -0.507 e. The van der Waals surface area contributed by atoms with E-state index < -0.39 is 0 Å². The largest absolute Gasteiger partial charge is 0.507 e. The van der Waals surface area contributed by atoms with Crippen molar-refractivity contribution >= 4 is 33.1 Å². The quantitative estimate of drug-likeness (QED) is 0.469. The SMILES string of the molecule is CC(=O)c1cc2ccccc2c(-c2c(O)c(C(C)=O)cc3ccccc23)c1O. The van der Waals surface area contributed by atoms with Crippen LogP contribution in [0, 0.1) is 0 Å². The Balaban J connectivity index is 2.28. The minimum absolute atomic E-state index is 0.172. The molecule has 4 rings (SSSR count). The fourth-order valence-electron chi connectivity index (χ4n) is 3.72. The molecule has 0 aliphatic rings. The first-order valence-electron chi connectivity index (χ1n) is 8.91. The van der Waals surface area contributed by atoms with Crippen molar-refractivity contribution in [3.05, 3.63) is 71.8 Å². The summed E-state index contributed by atoms with van der Waals surface area (Å²) in [6, 6.07) is 18.0. The van der Waals surface area contributed by atoms with E-state index in [1.54, 1.807) is 12.1 Å². The van der Waals surface area contributed by atoms with E-state index in [0.29, 0.717) is 21.9 Å². The third-order valence-electron chi connectivity index (χ3n) is 5.05. The Morgan fingerprint density at radius 3 is 1.36 bits per heavy atom. The number of rotatable bonds is 3. The van der Waals surface area contributed by atoms with Gasteiger partial charge >= 0.3 is 0 Å². The molecule has 4 nitrogen and oxygen atoms in total. The van der Waals surface area contributed by atoms with Gasteiger partial charge < -0.3 is 10.2 Å². The molecule has 0 bridgehead atoms. The molecule has 4 heteroatoms. The average molecular weight is 370 g/mol. The smallest absolute Gasteiger partial charge is 0.163 e. The van der Waals surface area contributed by atoms with Gasteiger partial charge in [-0.05, 0) is 47.5 Å². The van der Waals surface area contributed by atoms with Crippen LogP contribution < -0.4 is 0 Å². The van der Waals surface area contributed by atoms with Gasteiger partial charge in [-0.2, -0.15) is 0 Å². The van der Waals surface area contributed by atoms with Gasteiger partial charge in [-0.25, -0.2) is 0 Å². The van der Waals surface area contributed by atoms with E-state index in [4.69, 9.17) is 0 Å². The molecular weight excluding hydrogens is 352 g/mol. The molecular formula is C24H18O4. The molecule has 138 valence electrons. The van der Waals surface area contributed by atoms with Crippen molar-refractivity contribution in [2.75, 3.05) is 0 Å². The second kappa shape index (κ2) is 6.50. The predicted molar refractivity (Wildman–Crippen MR) is 110 cm³/mol. The highest BCUT2D eigenvalue weighted by molar-refractivity contribution is 6.16. The zero-order valence-corrected chi connectivity index (χ0v) is 15.5. The Labute approximate surface area is 161 Å². The van der Waals surface area contributed by atoms with Gasteiger partial charge in [0.2, 0.25) is 0 Å². The minimum atomic E-state index is -0.281. The van der Waals surface area contributed by atoms with Gasteiger partial charge in [-0.1, -0.05) is 48.5 Å². The Bertz CT molecular complexity index is 1180. The maximum Gasteiger partial charge on any atom is 0.163 e. The highest BCUT2D eigenvalue weighted by atomic mass is 16.3. The Hall–Kier alpha value is -3.66. The van der Waals surface area contributed by atoms with E-state index in [2.05, 4.69) is 0 Å². The number of fused-ring (bicyclic) bond motifs is 2. The summed E-state index contributed by atoms with van der Waals surface area (Å²) in [6.45, 7) is 2.77. The number of benzene rings is 4. The third-order valence-corrected chi connectivity index (χ3v) is 5.05. The van der Waals surface area contributed by atoms with Crippen LogP contribution in [0.2, 0.25) is 0 Å². The second-order valence-electron chi connectivity index (χ2n) is 6.85. The molecule has 2 N–H and O–H groups in total. The Kier molecular flexibility index (Phi) is 4.12. The van der Waals surface area contributed by atoms with E-state index in [9.17, 15) is 19.8 Å². The number of carbonyl (C=O) groups excluding carboxylic acids is 2. The van der Waals surface area contributed by atoms with Crippen molar-refractivity contribution in [3.8, 4) is 22.6 Å². The molecule has 4 aromatic carbocycles. The van der Waals surface area contributed by atoms with Crippen LogP contribution in [0.4, 0.5) is 0 Å². The van der Waals surface area contributed by atoms with Crippen molar-refractivity contribution in [2.45, 2.75) is 13.8 Å². The Morgan fingerprint density at radius 1 is 0.643 bits per heavy atom. The number of aromatic hydroxyl groups is 2. The lowest BCUT2D eigenvalue weighted by atomic mass is 9.88. The van der Waals surface area contributed by atoms with Gasteiger partial charge in [0.25, 0.3) is 0 Å². The zero-order valence-electron chi connectivity index (χ0n) is 15.5. The van der Waals surface area contributed by atoms with Crippen LogP contribution in [0.1, 0.15) is 34.6 Å². The Morgan fingerprint density at radius 2 is 1.00 bits per heavy atom. The van der Waals surface area contributed by atoms with E-state index in [-0.39, 0.29) is 34.2 Å². The van der Waals surface area contributed by atoms with Crippen LogP contribution in [0.5, 0.6) is 11.5 Å². The molecule has 0 saturated heterocycles. The number of hydrogen-bond acceptors (Lipinski definition) is 4. The first-order chi connectivity index (χ1) is 13.4. The predicted octanol–water partition coefficient (Wildman–Crippen LogP) is 5.48. The summed E-state index contributed by atoms with van der Waals surface area (Å²) in [7, 11) is 0. The highest BCUT2D eigenvalue weighted by Crippen LogP contribution is 2.47. The highest BCUT2D eigenvalue weighted by Gasteiger charge is 2.23. The monoisotopic (exact) mass is 370 g/mol. The molecule has 0 aliphatic heterocycles. The molecule has 0 unspecified atom stereocenters. The maximum atomic E-state index is 12.1. The van der Waals surface area contributed by atoms with Crippen LogP contribution >= 0.6 is 0 Å². The number of Topliss-reactive ketones (excluding diaryl/α,β-unsaturated/α-hetero) is 2. The van der Waals surface area contributed by atoms with Crippen LogP contribution in [0.15, 0.2) is 60.7 Å². The number of phenolic OH excluding ortho intramolecular Hbond substituents is 2. The molecule has 0 aromatic heterocycles. The lowest BCUT2D eigenvalue weighted by Crippen LogP contribution is -1.99. The van der Waals surface area contributed by atoms with Crippen molar-refractivity contribution in [1.29, 1.82) is 0 Å². The summed E-state index contributed by atoms with van der Waals surface area (Å²) < 4.78 is 0. The lowest BCUT2D eigenvalue weighted by Gasteiger charge is -2.17. The molecule has 0 amide bonds. The van der Waals surface area contributed by atoms with E-state index in [0.717, 1.165) is 10.8 Å². The normalized spacial score (nSPS) is 11.1. The molecule has 0 heterocycles. The molecule has 0 atom stereocenters. The van der Waals surface area contributed by atoms with E-state index >= 15 is 0 Å². The molecule has 0 saturated carbocycles. The summed E-state index contributed by atoms with van der Waals surface area (Å²) in [6.07, 6.45) is 0. The summed E-state index contributed by atoms with van der Waals surface area (Å²) in [4.78, 5) is 24.3. The molecule has 0 spiro atoms. The molecule has 0 fully saturated rings. The lowest BCUT2D eigenvalue weighted by molar-refractivity contribution is 0.100. The molecule has 4 aromatic rings. The molecule has 28 heavy (non-hydrogen) atoms. The summed E-state index contributed by atoms with van der Waals surface area (Å²) in [5.74, 6) is -0.966. The summed E-state index contributed by atoms with van der Waals surface area (Å²) in [5.41, 5.74) is 1.04. The van der Waals surface area contributed by atoms with Crippen molar-refractivity contribution in [2.24, 2.45) is 0 Å². The van der Waals surface area contributed by atoms with Crippen LogP contribution in [-0.2, 0) is 0 Å². The van der Waals surface area contributed by atoms with Gasteiger partial charge in [-0.3, -0.25) is 9.59 Å². The third kappa shape index (κ3) is 2.62. The molecule has 0 radical (unpaired) electrons. The number of phenols is 2. The second-order valence-corrected chi connectivity index (χ2v) is 6.85. The topological polar surface area (TPSA) is 74.6 Å². The van der Waals surface area contributed by atoms with Gasteiger partial charge in [0.15, 0.2) is 11.6 Å². The van der Waals surface area contributed by atoms with Gasteiger partial charge in [0, 0.05) is 11.1 Å². The van der Waals surface area contributed by atoms with E-state index in [1.165, 1.54) is 13.8 Å². The van der Waals surface area contributed by atoms with Crippen LogP contribution in [-0.4, -0.2) is 21.8 Å². The van der Waals surface area contributed by atoms with Crippen LogP contribution in [0.3, 0.4) is 0 Å². The first-order valence-corrected chi connectivity index (χ1v) is 8.91. The fourth-order valence-corrected chi connectivity index (χ4v) is 3.72. The number of hydrogen-bond donors (Lipinski definition) is 2. The summed E-state index contributed by atoms with van der Waals surface area (Å²) >= 11 is 0. The first kappa shape index (κ1) is 17.7. The zero-order chi connectivity index (χ0) is 20.0. The van der Waals surface area contributed by atoms with Crippen molar-refractivity contribution in [1.82, 2.24) is 0 Å². The van der Waals surface area contributed by atoms with Gasteiger partial charge in [-0.15, -0.1) is 0 Å².